The molecule has 3 nitrogen and oxygen atoms in total. The van der Waals surface area contributed by atoms with Gasteiger partial charge in [-0.3, -0.25) is 9.40 Å². The zero-order chi connectivity index (χ0) is 13.6. The third-order valence-corrected chi connectivity index (χ3v) is 5.07. The van der Waals surface area contributed by atoms with E-state index >= 15 is 0 Å². The Labute approximate surface area is 113 Å². The predicted molar refractivity (Wildman–Crippen MR) is 79.0 cm³/mol. The van der Waals surface area contributed by atoms with Crippen LogP contribution in [0.15, 0.2) is 73.3 Å². The van der Waals surface area contributed by atoms with E-state index in [9.17, 15) is 4.57 Å². The highest BCUT2D eigenvalue weighted by Gasteiger charge is 2.26. The number of rotatable bonds is 6. The van der Waals surface area contributed by atoms with Crippen LogP contribution in [0.25, 0.3) is 0 Å². The largest absolute Gasteiger partial charge is 0.294 e. The molecule has 0 heterocycles. The zero-order valence-electron chi connectivity index (χ0n) is 10.5. The highest BCUT2D eigenvalue weighted by atomic mass is 31.2. The van der Waals surface area contributed by atoms with Crippen molar-refractivity contribution in [3.8, 4) is 0 Å². The Morgan fingerprint density at radius 1 is 1.00 bits per heavy atom. The van der Waals surface area contributed by atoms with Gasteiger partial charge in [0.1, 0.15) is 0 Å². The summed E-state index contributed by atoms with van der Waals surface area (Å²) < 4.78 is 13.2. The minimum Gasteiger partial charge on any atom is -0.294 e. The van der Waals surface area contributed by atoms with Crippen molar-refractivity contribution < 1.29 is 9.40 Å². The summed E-state index contributed by atoms with van der Waals surface area (Å²) in [5.74, 6) is 0. The SMILES string of the molecule is C=CCONP(=O)(c1ccccc1)c1ccccc1. The van der Waals surface area contributed by atoms with E-state index in [4.69, 9.17) is 4.84 Å². The molecule has 0 radical (unpaired) electrons. The fraction of sp³-hybridized carbons (Fsp3) is 0.0667. The van der Waals surface area contributed by atoms with Crippen molar-refractivity contribution in [3.63, 3.8) is 0 Å². The fourth-order valence-corrected chi connectivity index (χ4v) is 3.67. The Morgan fingerprint density at radius 2 is 1.47 bits per heavy atom. The van der Waals surface area contributed by atoms with Crippen LogP contribution in [0.1, 0.15) is 0 Å². The maximum absolute atomic E-state index is 13.2. The average Bonchev–Trinajstić information content (AvgIpc) is 2.49. The van der Waals surface area contributed by atoms with E-state index in [0.717, 1.165) is 0 Å². The van der Waals surface area contributed by atoms with Crippen molar-refractivity contribution in [2.24, 2.45) is 0 Å². The molecule has 0 bridgehead atoms. The highest BCUT2D eigenvalue weighted by Crippen LogP contribution is 2.38. The van der Waals surface area contributed by atoms with E-state index in [1.165, 1.54) is 0 Å². The summed E-state index contributed by atoms with van der Waals surface area (Å²) >= 11 is 0. The third-order valence-electron chi connectivity index (χ3n) is 2.63. The quantitative estimate of drug-likeness (QED) is 0.380. The summed E-state index contributed by atoms with van der Waals surface area (Å²) in [4.78, 5) is 5.23. The van der Waals surface area contributed by atoms with Crippen LogP contribution in [0, 0.1) is 0 Å². The Bertz CT molecular complexity index is 526. The summed E-state index contributed by atoms with van der Waals surface area (Å²) in [6.45, 7) is 3.87. The van der Waals surface area contributed by atoms with Crippen LogP contribution in [0.4, 0.5) is 0 Å². The number of hydrogen-bond donors (Lipinski definition) is 1. The maximum Gasteiger partial charge on any atom is 0.226 e. The van der Waals surface area contributed by atoms with Gasteiger partial charge in [0.2, 0.25) is 7.29 Å². The van der Waals surface area contributed by atoms with E-state index in [-0.39, 0.29) is 0 Å². The van der Waals surface area contributed by atoms with Gasteiger partial charge in [-0.25, -0.2) is 0 Å². The van der Waals surface area contributed by atoms with Crippen LogP contribution in [0.2, 0.25) is 0 Å². The molecule has 0 aliphatic carbocycles. The molecule has 0 fully saturated rings. The fourth-order valence-electron chi connectivity index (χ4n) is 1.72. The van der Waals surface area contributed by atoms with Crippen LogP contribution in [0.3, 0.4) is 0 Å². The van der Waals surface area contributed by atoms with Gasteiger partial charge in [-0.2, -0.15) is 0 Å². The molecule has 0 amide bonds. The summed E-state index contributed by atoms with van der Waals surface area (Å²) in [5, 5.41) is 4.14. The average molecular weight is 273 g/mol. The number of benzene rings is 2. The molecule has 0 aromatic heterocycles. The molecule has 2 aromatic carbocycles. The summed E-state index contributed by atoms with van der Waals surface area (Å²) in [7, 11) is -2.97. The molecule has 19 heavy (non-hydrogen) atoms. The first-order chi connectivity index (χ1) is 9.27. The first-order valence-electron chi connectivity index (χ1n) is 5.98. The van der Waals surface area contributed by atoms with Crippen LogP contribution in [0.5, 0.6) is 0 Å². The van der Waals surface area contributed by atoms with E-state index < -0.39 is 7.29 Å². The zero-order valence-corrected chi connectivity index (χ0v) is 11.4. The van der Waals surface area contributed by atoms with Gasteiger partial charge in [-0.05, 0) is 24.3 Å². The van der Waals surface area contributed by atoms with Gasteiger partial charge in [-0.15, -0.1) is 11.8 Å². The Balaban J connectivity index is 2.39. The van der Waals surface area contributed by atoms with Gasteiger partial charge in [0.05, 0.1) is 6.61 Å². The van der Waals surface area contributed by atoms with Crippen molar-refractivity contribution in [3.05, 3.63) is 73.3 Å². The van der Waals surface area contributed by atoms with Crippen molar-refractivity contribution in [2.45, 2.75) is 0 Å². The Kier molecular flexibility index (Phi) is 4.69. The molecule has 98 valence electrons. The molecule has 0 spiro atoms. The van der Waals surface area contributed by atoms with E-state index in [2.05, 4.69) is 11.8 Å². The summed E-state index contributed by atoms with van der Waals surface area (Å²) in [6.07, 6.45) is 1.60. The molecule has 2 rings (SSSR count). The van der Waals surface area contributed by atoms with Crippen molar-refractivity contribution in [1.29, 1.82) is 0 Å². The van der Waals surface area contributed by atoms with Gasteiger partial charge in [0.25, 0.3) is 0 Å². The Morgan fingerprint density at radius 3 is 1.89 bits per heavy atom. The van der Waals surface area contributed by atoms with Gasteiger partial charge >= 0.3 is 0 Å². The normalized spacial score (nSPS) is 11.2. The first-order valence-corrected chi connectivity index (χ1v) is 7.69. The second kappa shape index (κ2) is 6.48. The highest BCUT2D eigenvalue weighted by molar-refractivity contribution is 7.76. The second-order valence-corrected chi connectivity index (χ2v) is 6.41. The summed E-state index contributed by atoms with van der Waals surface area (Å²) in [6, 6.07) is 18.6. The standard InChI is InChI=1S/C15H16NO2P/c1-2-13-18-16-19(17,14-9-5-3-6-10-14)15-11-7-4-8-12-15/h2-12H,1,13H2,(H,16,17). The number of nitrogens with one attached hydrogen (secondary N) is 1. The summed E-state index contributed by atoms with van der Waals surface area (Å²) in [5.41, 5.74) is 0. The smallest absolute Gasteiger partial charge is 0.226 e. The predicted octanol–water partition coefficient (Wildman–Crippen LogP) is 2.62. The lowest BCUT2D eigenvalue weighted by Crippen LogP contribution is -2.27. The number of hydrogen-bond acceptors (Lipinski definition) is 2. The minimum atomic E-state index is -2.97. The van der Waals surface area contributed by atoms with Crippen molar-refractivity contribution in [2.75, 3.05) is 6.61 Å². The van der Waals surface area contributed by atoms with Gasteiger partial charge in [-0.1, -0.05) is 42.5 Å². The maximum atomic E-state index is 13.2. The van der Waals surface area contributed by atoms with E-state index in [1.54, 1.807) is 6.08 Å². The molecule has 1 N–H and O–H groups in total. The molecule has 0 saturated heterocycles. The monoisotopic (exact) mass is 273 g/mol. The molecule has 0 unspecified atom stereocenters. The molecule has 0 atom stereocenters. The second-order valence-electron chi connectivity index (χ2n) is 3.97. The van der Waals surface area contributed by atoms with Crippen molar-refractivity contribution >= 4 is 17.9 Å². The van der Waals surface area contributed by atoms with E-state index in [1.807, 2.05) is 60.7 Å². The molecule has 2 aromatic rings. The van der Waals surface area contributed by atoms with Crippen LogP contribution in [-0.4, -0.2) is 6.61 Å². The lowest BCUT2D eigenvalue weighted by Gasteiger charge is -2.19. The molecule has 4 heteroatoms. The van der Waals surface area contributed by atoms with Gasteiger partial charge in [0.15, 0.2) is 0 Å². The molecule has 0 aliphatic rings. The third kappa shape index (κ3) is 3.21. The topological polar surface area (TPSA) is 38.3 Å². The Hall–Kier alpha value is -1.67. The molecule has 0 aliphatic heterocycles. The van der Waals surface area contributed by atoms with Crippen LogP contribution in [-0.2, 0) is 9.40 Å². The van der Waals surface area contributed by atoms with Gasteiger partial charge in [0, 0.05) is 10.6 Å². The van der Waals surface area contributed by atoms with Crippen molar-refractivity contribution in [1.82, 2.24) is 5.25 Å². The lowest BCUT2D eigenvalue weighted by molar-refractivity contribution is 0.120. The molecular formula is C15H16NO2P. The molecule has 0 saturated carbocycles. The van der Waals surface area contributed by atoms with Crippen LogP contribution < -0.4 is 15.9 Å². The lowest BCUT2D eigenvalue weighted by atomic mass is 10.4. The first kappa shape index (κ1) is 13.8. The van der Waals surface area contributed by atoms with Crippen LogP contribution >= 0.6 is 7.29 Å². The molecular weight excluding hydrogens is 257 g/mol. The minimum absolute atomic E-state index is 0.295. The van der Waals surface area contributed by atoms with E-state index in [0.29, 0.717) is 17.2 Å². The van der Waals surface area contributed by atoms with Gasteiger partial charge < -0.3 is 0 Å².